The summed E-state index contributed by atoms with van der Waals surface area (Å²) >= 11 is 1.79. The highest BCUT2D eigenvalue weighted by atomic mass is 127. The van der Waals surface area contributed by atoms with Gasteiger partial charge in [-0.15, -0.1) is 13.2 Å². The van der Waals surface area contributed by atoms with E-state index in [-0.39, 0.29) is 17.9 Å². The lowest BCUT2D eigenvalue weighted by molar-refractivity contribution is -0.275. The van der Waals surface area contributed by atoms with Crippen LogP contribution in [0, 0.1) is 10.5 Å². The van der Waals surface area contributed by atoms with Gasteiger partial charge in [0, 0.05) is 3.57 Å². The van der Waals surface area contributed by atoms with Gasteiger partial charge in [0.15, 0.2) is 5.75 Å². The summed E-state index contributed by atoms with van der Waals surface area (Å²) in [7, 11) is 1.23. The lowest BCUT2D eigenvalue weighted by Gasteiger charge is -2.12. The fraction of sp³-hybridized carbons (Fsp3) is 0.400. The minimum Gasteiger partial charge on any atom is -0.469 e. The van der Waals surface area contributed by atoms with Crippen molar-refractivity contribution in [2.24, 2.45) is 0 Å². The van der Waals surface area contributed by atoms with E-state index in [4.69, 9.17) is 0 Å². The van der Waals surface area contributed by atoms with Gasteiger partial charge in [-0.05, 0) is 35.6 Å². The zero-order valence-corrected chi connectivity index (χ0v) is 11.6. The Balaban J connectivity index is 3.01. The van der Waals surface area contributed by atoms with Crippen LogP contribution in [-0.4, -0.2) is 24.4 Å². The Hall–Kier alpha value is -1.06. The molecule has 1 heterocycles. The Labute approximate surface area is 115 Å². The van der Waals surface area contributed by atoms with Gasteiger partial charge in [0.05, 0.1) is 24.9 Å². The number of esters is 1. The van der Waals surface area contributed by atoms with Gasteiger partial charge in [-0.3, -0.25) is 9.78 Å². The smallest absolute Gasteiger partial charge is 0.469 e. The van der Waals surface area contributed by atoms with E-state index in [1.807, 2.05) is 0 Å². The maximum absolute atomic E-state index is 12.1. The summed E-state index contributed by atoms with van der Waals surface area (Å²) in [5, 5.41) is 0. The average molecular weight is 375 g/mol. The lowest BCUT2D eigenvalue weighted by atomic mass is 10.2. The third kappa shape index (κ3) is 4.31. The number of pyridine rings is 1. The molecule has 4 nitrogen and oxygen atoms in total. The molecule has 0 bridgehead atoms. The highest BCUT2D eigenvalue weighted by molar-refractivity contribution is 14.1. The van der Waals surface area contributed by atoms with Crippen LogP contribution in [-0.2, 0) is 16.0 Å². The van der Waals surface area contributed by atoms with Gasteiger partial charge in [0.1, 0.15) is 0 Å². The molecular formula is C10H9F3INO3. The number of aromatic nitrogens is 1. The number of aryl methyl sites for hydroxylation is 1. The Bertz CT molecular complexity index is 462. The minimum atomic E-state index is -4.76. The standard InChI is InChI=1S/C10H9F3INO3/c1-5-8(18-10(11,12)13)3-6(14)7(15-5)4-9(16)17-2/h3H,4H2,1-2H3. The molecule has 0 saturated carbocycles. The largest absolute Gasteiger partial charge is 0.573 e. The lowest BCUT2D eigenvalue weighted by Crippen LogP contribution is -2.19. The molecule has 1 aromatic rings. The Morgan fingerprint density at radius 3 is 2.61 bits per heavy atom. The number of methoxy groups -OCH3 is 1. The van der Waals surface area contributed by atoms with Crippen molar-refractivity contribution in [1.82, 2.24) is 4.98 Å². The Morgan fingerprint density at radius 2 is 2.11 bits per heavy atom. The van der Waals surface area contributed by atoms with Crippen LogP contribution < -0.4 is 4.74 Å². The van der Waals surface area contributed by atoms with Crippen LogP contribution in [0.3, 0.4) is 0 Å². The van der Waals surface area contributed by atoms with Crippen molar-refractivity contribution in [2.45, 2.75) is 19.7 Å². The number of carbonyl (C=O) groups is 1. The number of rotatable bonds is 3. The summed E-state index contributed by atoms with van der Waals surface area (Å²) in [5.41, 5.74) is 0.418. The summed E-state index contributed by atoms with van der Waals surface area (Å²) in [6.07, 6.45) is -4.86. The van der Waals surface area contributed by atoms with E-state index >= 15 is 0 Å². The molecule has 0 aliphatic heterocycles. The van der Waals surface area contributed by atoms with Crippen LogP contribution >= 0.6 is 22.6 Å². The van der Waals surface area contributed by atoms with Crippen LogP contribution in [0.5, 0.6) is 5.75 Å². The molecule has 0 N–H and O–H groups in total. The third-order valence-corrected chi connectivity index (χ3v) is 2.89. The highest BCUT2D eigenvalue weighted by Crippen LogP contribution is 2.27. The molecule has 0 fully saturated rings. The van der Waals surface area contributed by atoms with Crippen LogP contribution in [0.4, 0.5) is 13.2 Å². The summed E-state index contributed by atoms with van der Waals surface area (Å²) < 4.78 is 45.0. The zero-order valence-electron chi connectivity index (χ0n) is 9.47. The van der Waals surface area contributed by atoms with Crippen molar-refractivity contribution < 1.29 is 27.4 Å². The minimum absolute atomic E-state index is 0.0617. The molecule has 0 spiro atoms. The molecule has 0 amide bonds. The summed E-state index contributed by atoms with van der Waals surface area (Å²) in [5.74, 6) is -0.884. The van der Waals surface area contributed by atoms with Crippen LogP contribution in [0.1, 0.15) is 11.4 Å². The first-order chi connectivity index (χ1) is 8.23. The SMILES string of the molecule is COC(=O)Cc1nc(C)c(OC(F)(F)F)cc1I. The van der Waals surface area contributed by atoms with E-state index in [0.717, 1.165) is 0 Å². The summed E-state index contributed by atoms with van der Waals surface area (Å²) in [4.78, 5) is 15.0. The van der Waals surface area contributed by atoms with Gasteiger partial charge in [-0.25, -0.2) is 0 Å². The molecule has 1 rings (SSSR count). The molecule has 0 radical (unpaired) electrons. The normalized spacial score (nSPS) is 11.2. The van der Waals surface area contributed by atoms with Crippen molar-refractivity contribution in [1.29, 1.82) is 0 Å². The van der Waals surface area contributed by atoms with E-state index < -0.39 is 12.3 Å². The van der Waals surface area contributed by atoms with Crippen molar-refractivity contribution in [3.05, 3.63) is 21.0 Å². The number of ether oxygens (including phenoxy) is 2. The van der Waals surface area contributed by atoms with Gasteiger partial charge < -0.3 is 9.47 Å². The molecule has 0 aliphatic rings. The molecular weight excluding hydrogens is 366 g/mol. The molecule has 18 heavy (non-hydrogen) atoms. The van der Waals surface area contributed by atoms with Crippen molar-refractivity contribution >= 4 is 28.6 Å². The number of hydrogen-bond acceptors (Lipinski definition) is 4. The predicted octanol–water partition coefficient (Wildman–Crippen LogP) is 2.61. The number of hydrogen-bond donors (Lipinski definition) is 0. The van der Waals surface area contributed by atoms with Crippen LogP contribution in [0.25, 0.3) is 0 Å². The van der Waals surface area contributed by atoms with E-state index in [1.54, 1.807) is 22.6 Å². The van der Waals surface area contributed by atoms with E-state index in [1.165, 1.54) is 20.1 Å². The monoisotopic (exact) mass is 375 g/mol. The van der Waals surface area contributed by atoms with Gasteiger partial charge in [-0.1, -0.05) is 0 Å². The first-order valence-electron chi connectivity index (χ1n) is 4.71. The highest BCUT2D eigenvalue weighted by Gasteiger charge is 2.32. The second-order valence-corrected chi connectivity index (χ2v) is 4.46. The summed E-state index contributed by atoms with van der Waals surface area (Å²) in [6.45, 7) is 1.37. The number of alkyl halides is 3. The average Bonchev–Trinajstić information content (AvgIpc) is 2.23. The topological polar surface area (TPSA) is 48.4 Å². The molecule has 0 saturated heterocycles. The first kappa shape index (κ1) is 15.0. The molecule has 0 aliphatic carbocycles. The van der Waals surface area contributed by atoms with Crippen molar-refractivity contribution in [2.75, 3.05) is 7.11 Å². The number of carbonyl (C=O) groups excluding carboxylic acids is 1. The van der Waals surface area contributed by atoms with Gasteiger partial charge in [0.25, 0.3) is 0 Å². The van der Waals surface area contributed by atoms with E-state index in [2.05, 4.69) is 14.5 Å². The first-order valence-corrected chi connectivity index (χ1v) is 5.79. The third-order valence-electron chi connectivity index (χ3n) is 1.96. The van der Waals surface area contributed by atoms with Gasteiger partial charge >= 0.3 is 12.3 Å². The Kier molecular flexibility index (Phi) is 4.77. The summed E-state index contributed by atoms with van der Waals surface area (Å²) in [6, 6.07) is 1.19. The van der Waals surface area contributed by atoms with Crippen molar-refractivity contribution in [3.63, 3.8) is 0 Å². The molecule has 100 valence electrons. The molecule has 0 unspecified atom stereocenters. The fourth-order valence-corrected chi connectivity index (χ4v) is 1.77. The molecule has 1 aromatic heterocycles. The van der Waals surface area contributed by atoms with Gasteiger partial charge in [-0.2, -0.15) is 0 Å². The maximum Gasteiger partial charge on any atom is 0.573 e. The predicted molar refractivity (Wildman–Crippen MR) is 64.1 cm³/mol. The Morgan fingerprint density at radius 1 is 1.50 bits per heavy atom. The number of nitrogens with zero attached hydrogens (tertiary/aromatic N) is 1. The van der Waals surface area contributed by atoms with Crippen LogP contribution in [0.15, 0.2) is 6.07 Å². The fourth-order valence-electron chi connectivity index (χ4n) is 1.17. The molecule has 8 heteroatoms. The van der Waals surface area contributed by atoms with Crippen molar-refractivity contribution in [3.8, 4) is 5.75 Å². The van der Waals surface area contributed by atoms with E-state index in [0.29, 0.717) is 9.26 Å². The quantitative estimate of drug-likeness (QED) is 0.602. The second kappa shape index (κ2) is 5.72. The molecule has 0 atom stereocenters. The molecule has 0 aromatic carbocycles. The maximum atomic E-state index is 12.1. The second-order valence-electron chi connectivity index (χ2n) is 3.30. The van der Waals surface area contributed by atoms with E-state index in [9.17, 15) is 18.0 Å². The number of halogens is 4. The zero-order chi connectivity index (χ0) is 13.9. The van der Waals surface area contributed by atoms with Gasteiger partial charge in [0.2, 0.25) is 0 Å². The van der Waals surface area contributed by atoms with Crippen LogP contribution in [0.2, 0.25) is 0 Å².